The zero-order valence-corrected chi connectivity index (χ0v) is 17.0. The fraction of sp³-hybridized carbons (Fsp3) is 0.0769. The number of ether oxygens (including phenoxy) is 2. The lowest BCUT2D eigenvalue weighted by molar-refractivity contribution is 0.0601. The van der Waals surface area contributed by atoms with Crippen molar-refractivity contribution in [3.63, 3.8) is 0 Å². The van der Waals surface area contributed by atoms with Crippen LogP contribution in [-0.2, 0) is 11.3 Å². The maximum Gasteiger partial charge on any atom is 0.340 e. The van der Waals surface area contributed by atoms with Gasteiger partial charge in [-0.25, -0.2) is 4.79 Å². The molecule has 0 aliphatic carbocycles. The molecule has 0 aliphatic rings. The molecule has 5 nitrogen and oxygen atoms in total. The van der Waals surface area contributed by atoms with E-state index in [-0.39, 0.29) is 11.5 Å². The van der Waals surface area contributed by atoms with Gasteiger partial charge in [0.25, 0.3) is 5.91 Å². The van der Waals surface area contributed by atoms with E-state index in [2.05, 4.69) is 5.32 Å². The van der Waals surface area contributed by atoms with Crippen LogP contribution in [0, 0.1) is 0 Å². The zero-order valence-electron chi connectivity index (χ0n) is 17.0. The Bertz CT molecular complexity index is 1230. The predicted molar refractivity (Wildman–Crippen MR) is 120 cm³/mol. The maximum absolute atomic E-state index is 13.0. The Morgan fingerprint density at radius 2 is 1.55 bits per heavy atom. The first-order chi connectivity index (χ1) is 15.2. The van der Waals surface area contributed by atoms with Gasteiger partial charge in [0, 0.05) is 5.56 Å². The average molecular weight is 411 g/mol. The number of methoxy groups -OCH3 is 1. The van der Waals surface area contributed by atoms with Crippen LogP contribution >= 0.6 is 0 Å². The molecule has 0 aromatic heterocycles. The highest BCUT2D eigenvalue weighted by molar-refractivity contribution is 6.14. The summed E-state index contributed by atoms with van der Waals surface area (Å²) in [7, 11) is 1.30. The summed E-state index contributed by atoms with van der Waals surface area (Å²) in [6.07, 6.45) is 0. The van der Waals surface area contributed by atoms with E-state index in [1.807, 2.05) is 66.7 Å². The molecular formula is C26H21NO4. The number of hydrogen-bond donors (Lipinski definition) is 1. The summed E-state index contributed by atoms with van der Waals surface area (Å²) in [5.74, 6) is -0.356. The maximum atomic E-state index is 13.0. The fourth-order valence-electron chi connectivity index (χ4n) is 3.35. The first-order valence-electron chi connectivity index (χ1n) is 9.84. The van der Waals surface area contributed by atoms with Crippen LogP contribution in [0.2, 0.25) is 0 Å². The molecule has 1 N–H and O–H groups in total. The highest BCUT2D eigenvalue weighted by atomic mass is 16.5. The van der Waals surface area contributed by atoms with Crippen molar-refractivity contribution in [1.29, 1.82) is 0 Å². The normalized spacial score (nSPS) is 10.5. The summed E-state index contributed by atoms with van der Waals surface area (Å²) < 4.78 is 10.7. The number of anilines is 1. The van der Waals surface area contributed by atoms with Gasteiger partial charge in [0.15, 0.2) is 0 Å². The Labute approximate surface area is 180 Å². The van der Waals surface area contributed by atoms with Crippen molar-refractivity contribution in [3.05, 3.63) is 108 Å². The van der Waals surface area contributed by atoms with Gasteiger partial charge >= 0.3 is 5.97 Å². The number of carbonyl (C=O) groups is 2. The molecule has 0 bridgehead atoms. The summed E-state index contributed by atoms with van der Waals surface area (Å²) in [6, 6.07) is 27.9. The molecule has 4 aromatic rings. The minimum atomic E-state index is -0.557. The number of fused-ring (bicyclic) bond motifs is 1. The van der Waals surface area contributed by atoms with Crippen molar-refractivity contribution >= 4 is 28.3 Å². The molecule has 0 aliphatic heterocycles. The van der Waals surface area contributed by atoms with Crippen molar-refractivity contribution in [2.45, 2.75) is 6.61 Å². The molecule has 0 radical (unpaired) electrons. The molecule has 0 fully saturated rings. The third-order valence-corrected chi connectivity index (χ3v) is 4.93. The van der Waals surface area contributed by atoms with Gasteiger partial charge < -0.3 is 14.8 Å². The van der Waals surface area contributed by atoms with Crippen molar-refractivity contribution in [1.82, 2.24) is 0 Å². The van der Waals surface area contributed by atoms with E-state index in [0.717, 1.165) is 16.3 Å². The van der Waals surface area contributed by atoms with Crippen LogP contribution in [0.15, 0.2) is 91.0 Å². The quantitative estimate of drug-likeness (QED) is 0.428. The molecule has 4 aromatic carbocycles. The van der Waals surface area contributed by atoms with Gasteiger partial charge in [-0.15, -0.1) is 0 Å². The monoisotopic (exact) mass is 411 g/mol. The smallest absolute Gasteiger partial charge is 0.340 e. The van der Waals surface area contributed by atoms with Gasteiger partial charge in [-0.1, -0.05) is 66.7 Å². The van der Waals surface area contributed by atoms with Crippen LogP contribution in [-0.4, -0.2) is 19.0 Å². The third-order valence-electron chi connectivity index (χ3n) is 4.93. The van der Waals surface area contributed by atoms with Crippen LogP contribution in [0.1, 0.15) is 26.3 Å². The number of rotatable bonds is 6. The minimum Gasteiger partial charge on any atom is -0.489 e. The van der Waals surface area contributed by atoms with Gasteiger partial charge in [-0.2, -0.15) is 0 Å². The molecule has 154 valence electrons. The second-order valence-corrected chi connectivity index (χ2v) is 6.95. The topological polar surface area (TPSA) is 64.6 Å². The number of carbonyl (C=O) groups excluding carboxylic acids is 2. The predicted octanol–water partition coefficient (Wildman–Crippen LogP) is 5.46. The lowest BCUT2D eigenvalue weighted by atomic mass is 10.0. The van der Waals surface area contributed by atoms with Crippen molar-refractivity contribution in [3.8, 4) is 5.75 Å². The highest BCUT2D eigenvalue weighted by Crippen LogP contribution is 2.26. The Morgan fingerprint density at radius 1 is 0.806 bits per heavy atom. The second-order valence-electron chi connectivity index (χ2n) is 6.95. The number of amides is 1. The second kappa shape index (κ2) is 9.13. The molecule has 0 spiro atoms. The van der Waals surface area contributed by atoms with Crippen molar-refractivity contribution in [2.24, 2.45) is 0 Å². The number of hydrogen-bond acceptors (Lipinski definition) is 4. The first kappa shape index (κ1) is 20.2. The molecule has 4 rings (SSSR count). The Balaban J connectivity index is 1.59. The lowest BCUT2D eigenvalue weighted by Gasteiger charge is -2.13. The van der Waals surface area contributed by atoms with E-state index in [1.165, 1.54) is 7.11 Å². The number of nitrogens with one attached hydrogen (secondary N) is 1. The molecular weight excluding hydrogens is 390 g/mol. The van der Waals surface area contributed by atoms with E-state index >= 15 is 0 Å². The molecule has 31 heavy (non-hydrogen) atoms. The van der Waals surface area contributed by atoms with Gasteiger partial charge in [0.2, 0.25) is 0 Å². The van der Waals surface area contributed by atoms with Crippen LogP contribution in [0.3, 0.4) is 0 Å². The van der Waals surface area contributed by atoms with E-state index < -0.39 is 5.97 Å². The van der Waals surface area contributed by atoms with E-state index in [1.54, 1.807) is 24.3 Å². The molecule has 0 saturated carbocycles. The summed E-state index contributed by atoms with van der Waals surface area (Å²) in [6.45, 7) is 0.364. The van der Waals surface area contributed by atoms with Gasteiger partial charge in [-0.3, -0.25) is 4.79 Å². The van der Waals surface area contributed by atoms with Gasteiger partial charge in [-0.05, 0) is 40.6 Å². The Kier molecular flexibility index (Phi) is 5.94. The number of esters is 1. The van der Waals surface area contributed by atoms with Crippen LogP contribution in [0.4, 0.5) is 5.69 Å². The van der Waals surface area contributed by atoms with E-state index in [0.29, 0.717) is 23.6 Å². The SMILES string of the molecule is COC(=O)c1cc(OCc2ccccc2)ccc1NC(=O)c1cccc2ccccc12. The summed E-state index contributed by atoms with van der Waals surface area (Å²) in [5, 5.41) is 4.64. The summed E-state index contributed by atoms with van der Waals surface area (Å²) >= 11 is 0. The van der Waals surface area contributed by atoms with Crippen molar-refractivity contribution in [2.75, 3.05) is 12.4 Å². The Morgan fingerprint density at radius 3 is 2.35 bits per heavy atom. The molecule has 5 heteroatoms. The zero-order chi connectivity index (χ0) is 21.6. The minimum absolute atomic E-state index is 0.224. The van der Waals surface area contributed by atoms with Crippen LogP contribution in [0.25, 0.3) is 10.8 Å². The van der Waals surface area contributed by atoms with Crippen LogP contribution < -0.4 is 10.1 Å². The molecule has 1 amide bonds. The van der Waals surface area contributed by atoms with Crippen LogP contribution in [0.5, 0.6) is 5.75 Å². The molecule has 0 saturated heterocycles. The highest BCUT2D eigenvalue weighted by Gasteiger charge is 2.17. The fourth-order valence-corrected chi connectivity index (χ4v) is 3.35. The summed E-state index contributed by atoms with van der Waals surface area (Å²) in [5.41, 5.74) is 2.12. The third kappa shape index (κ3) is 4.56. The Hall–Kier alpha value is -4.12. The standard InChI is InChI=1S/C26H21NO4/c1-30-26(29)23-16-20(31-17-18-8-3-2-4-9-18)14-15-24(23)27-25(28)22-13-7-11-19-10-5-6-12-21(19)22/h2-16H,17H2,1H3,(H,27,28). The van der Waals surface area contributed by atoms with E-state index in [4.69, 9.17) is 9.47 Å². The van der Waals surface area contributed by atoms with Gasteiger partial charge in [0.05, 0.1) is 18.4 Å². The summed E-state index contributed by atoms with van der Waals surface area (Å²) in [4.78, 5) is 25.4. The van der Waals surface area contributed by atoms with Gasteiger partial charge in [0.1, 0.15) is 12.4 Å². The molecule has 0 atom stereocenters. The number of benzene rings is 4. The first-order valence-corrected chi connectivity index (χ1v) is 9.84. The largest absolute Gasteiger partial charge is 0.489 e. The lowest BCUT2D eigenvalue weighted by Crippen LogP contribution is -2.16. The van der Waals surface area contributed by atoms with Crippen molar-refractivity contribution < 1.29 is 19.1 Å². The van der Waals surface area contributed by atoms with E-state index in [9.17, 15) is 9.59 Å². The molecule has 0 unspecified atom stereocenters. The average Bonchev–Trinajstić information content (AvgIpc) is 2.83. The molecule has 0 heterocycles.